The van der Waals surface area contributed by atoms with Crippen molar-refractivity contribution in [2.24, 2.45) is 0 Å². The lowest BCUT2D eigenvalue weighted by molar-refractivity contribution is 0.172. The zero-order valence-corrected chi connectivity index (χ0v) is 15.3. The monoisotopic (exact) mass is 346 g/mol. The van der Waals surface area contributed by atoms with E-state index in [1.165, 1.54) is 68.5 Å². The van der Waals surface area contributed by atoms with E-state index in [9.17, 15) is 0 Å². The molecule has 3 aromatic rings. The fraction of sp³-hybridized carbons (Fsp3) is 0.391. The first-order valence-corrected chi connectivity index (χ1v) is 9.95. The maximum atomic E-state index is 6.12. The minimum atomic E-state index is 0.964. The van der Waals surface area contributed by atoms with Gasteiger partial charge in [0.05, 0.1) is 0 Å². The van der Waals surface area contributed by atoms with Crippen LogP contribution in [0.2, 0.25) is 0 Å². The summed E-state index contributed by atoms with van der Waals surface area (Å²) in [5.41, 5.74) is 4.85. The van der Waals surface area contributed by atoms with Crippen molar-refractivity contribution in [2.75, 3.05) is 31.1 Å². The predicted molar refractivity (Wildman–Crippen MR) is 108 cm³/mol. The highest BCUT2D eigenvalue weighted by molar-refractivity contribution is 5.86. The van der Waals surface area contributed by atoms with Gasteiger partial charge in [0, 0.05) is 36.3 Å². The van der Waals surface area contributed by atoms with Gasteiger partial charge in [0.1, 0.15) is 11.3 Å². The number of rotatable bonds is 4. The Morgan fingerprint density at radius 3 is 2.31 bits per heavy atom. The summed E-state index contributed by atoms with van der Waals surface area (Å²) in [7, 11) is 0. The first-order chi connectivity index (χ1) is 12.8. The lowest BCUT2D eigenvalue weighted by Crippen LogP contribution is -2.36. The first-order valence-electron chi connectivity index (χ1n) is 9.95. The minimum absolute atomic E-state index is 0.964. The number of fused-ring (bicyclic) bond motifs is 1. The molecule has 2 aliphatic heterocycles. The molecule has 0 amide bonds. The number of hydrogen-bond acceptors (Lipinski definition) is 3. The van der Waals surface area contributed by atoms with E-state index in [4.69, 9.17) is 4.42 Å². The Balaban J connectivity index is 1.38. The van der Waals surface area contributed by atoms with Gasteiger partial charge in [-0.05, 0) is 68.6 Å². The van der Waals surface area contributed by atoms with Crippen molar-refractivity contribution in [1.29, 1.82) is 0 Å². The summed E-state index contributed by atoms with van der Waals surface area (Å²) in [5, 5.41) is 1.20. The molecule has 26 heavy (non-hydrogen) atoms. The van der Waals surface area contributed by atoms with Crippen LogP contribution in [0.3, 0.4) is 0 Å². The molecule has 2 aromatic carbocycles. The minimum Gasteiger partial charge on any atom is -0.456 e. The van der Waals surface area contributed by atoms with Crippen molar-refractivity contribution in [3.63, 3.8) is 0 Å². The smallest absolute Gasteiger partial charge is 0.135 e. The van der Waals surface area contributed by atoms with Crippen LogP contribution >= 0.6 is 0 Å². The van der Waals surface area contributed by atoms with Crippen molar-refractivity contribution in [3.05, 3.63) is 54.1 Å². The van der Waals surface area contributed by atoms with Crippen LogP contribution in [0.5, 0.6) is 0 Å². The maximum Gasteiger partial charge on any atom is 0.135 e. The molecule has 2 fully saturated rings. The molecule has 3 heterocycles. The predicted octanol–water partition coefficient (Wildman–Crippen LogP) is 5.30. The standard InChI is InChI=1S/C23H26N2O/c1-2-13-25(14-3-1)21-9-10-22-20(15-21)16-23(26-22)19-7-5-18(6-8-19)17-24-11-4-12-24/h5-10,15-16H,1-4,11-14,17H2. The van der Waals surface area contributed by atoms with Crippen molar-refractivity contribution < 1.29 is 4.42 Å². The summed E-state index contributed by atoms with van der Waals surface area (Å²) in [6, 6.07) is 17.7. The van der Waals surface area contributed by atoms with E-state index in [-0.39, 0.29) is 0 Å². The van der Waals surface area contributed by atoms with Crippen molar-refractivity contribution >= 4 is 16.7 Å². The topological polar surface area (TPSA) is 19.6 Å². The Kier molecular flexibility index (Phi) is 4.18. The van der Waals surface area contributed by atoms with E-state index in [0.29, 0.717) is 0 Å². The van der Waals surface area contributed by atoms with Gasteiger partial charge in [-0.2, -0.15) is 0 Å². The molecule has 3 nitrogen and oxygen atoms in total. The summed E-state index contributed by atoms with van der Waals surface area (Å²) < 4.78 is 6.12. The lowest BCUT2D eigenvalue weighted by Gasteiger charge is -2.30. The molecule has 0 aliphatic carbocycles. The lowest BCUT2D eigenvalue weighted by atomic mass is 10.1. The SMILES string of the molecule is c1cc(-c2cc3cc(N4CCCCC4)ccc3o2)ccc1CN1CCC1. The fourth-order valence-corrected chi connectivity index (χ4v) is 4.09. The van der Waals surface area contributed by atoms with Crippen LogP contribution in [0.15, 0.2) is 52.9 Å². The number of likely N-dealkylation sites (tertiary alicyclic amines) is 1. The number of nitrogens with zero attached hydrogens (tertiary/aromatic N) is 2. The summed E-state index contributed by atoms with van der Waals surface area (Å²) in [6.07, 6.45) is 5.32. The van der Waals surface area contributed by atoms with Crippen LogP contribution in [-0.2, 0) is 6.54 Å². The van der Waals surface area contributed by atoms with Crippen LogP contribution in [0.25, 0.3) is 22.3 Å². The van der Waals surface area contributed by atoms with Crippen LogP contribution in [0.1, 0.15) is 31.2 Å². The number of benzene rings is 2. The third kappa shape index (κ3) is 3.12. The van der Waals surface area contributed by atoms with Gasteiger partial charge in [0.25, 0.3) is 0 Å². The van der Waals surface area contributed by atoms with E-state index in [0.717, 1.165) is 23.5 Å². The molecule has 2 saturated heterocycles. The quantitative estimate of drug-likeness (QED) is 0.639. The normalized spacial score (nSPS) is 18.2. The molecular weight excluding hydrogens is 320 g/mol. The maximum absolute atomic E-state index is 6.12. The van der Waals surface area contributed by atoms with Crippen molar-refractivity contribution in [1.82, 2.24) is 4.90 Å². The number of furan rings is 1. The summed E-state index contributed by atoms with van der Waals surface area (Å²) in [4.78, 5) is 4.98. The molecule has 0 radical (unpaired) electrons. The van der Waals surface area contributed by atoms with Gasteiger partial charge in [-0.15, -0.1) is 0 Å². The second kappa shape index (κ2) is 6.81. The molecule has 0 bridgehead atoms. The molecule has 3 heteroatoms. The average Bonchev–Trinajstić information content (AvgIpc) is 3.09. The highest BCUT2D eigenvalue weighted by atomic mass is 16.3. The van der Waals surface area contributed by atoms with Gasteiger partial charge < -0.3 is 9.32 Å². The molecule has 134 valence electrons. The molecule has 1 aromatic heterocycles. The fourth-order valence-electron chi connectivity index (χ4n) is 4.09. The Hall–Kier alpha value is -2.26. The van der Waals surface area contributed by atoms with Gasteiger partial charge in [0.2, 0.25) is 0 Å². The molecule has 0 spiro atoms. The second-order valence-electron chi connectivity index (χ2n) is 7.71. The molecular formula is C23H26N2O. The zero-order valence-electron chi connectivity index (χ0n) is 15.3. The van der Waals surface area contributed by atoms with E-state index in [1.807, 2.05) is 0 Å². The van der Waals surface area contributed by atoms with Crippen LogP contribution in [0, 0.1) is 0 Å². The Bertz CT molecular complexity index is 886. The van der Waals surface area contributed by atoms with Crippen LogP contribution in [0.4, 0.5) is 5.69 Å². The number of anilines is 1. The highest BCUT2D eigenvalue weighted by Gasteiger charge is 2.15. The van der Waals surface area contributed by atoms with Gasteiger partial charge >= 0.3 is 0 Å². The molecule has 0 N–H and O–H groups in total. The van der Waals surface area contributed by atoms with Gasteiger partial charge in [-0.25, -0.2) is 0 Å². The molecule has 0 saturated carbocycles. The van der Waals surface area contributed by atoms with E-state index >= 15 is 0 Å². The highest BCUT2D eigenvalue weighted by Crippen LogP contribution is 2.31. The number of piperidine rings is 1. The zero-order chi connectivity index (χ0) is 17.3. The van der Waals surface area contributed by atoms with Crippen LogP contribution in [-0.4, -0.2) is 31.1 Å². The van der Waals surface area contributed by atoms with Gasteiger partial charge in [-0.1, -0.05) is 24.3 Å². The molecule has 5 rings (SSSR count). The van der Waals surface area contributed by atoms with Gasteiger partial charge in [0.15, 0.2) is 0 Å². The Morgan fingerprint density at radius 1 is 0.769 bits per heavy atom. The summed E-state index contributed by atoms with van der Waals surface area (Å²) in [6.45, 7) is 5.90. The average molecular weight is 346 g/mol. The van der Waals surface area contributed by atoms with Gasteiger partial charge in [-0.3, -0.25) is 4.90 Å². The Labute approximate surface area is 155 Å². The Morgan fingerprint density at radius 2 is 1.58 bits per heavy atom. The number of hydrogen-bond donors (Lipinski definition) is 0. The van der Waals surface area contributed by atoms with Crippen molar-refractivity contribution in [2.45, 2.75) is 32.2 Å². The van der Waals surface area contributed by atoms with E-state index in [2.05, 4.69) is 58.3 Å². The van der Waals surface area contributed by atoms with E-state index < -0.39 is 0 Å². The third-order valence-corrected chi connectivity index (χ3v) is 5.81. The summed E-state index contributed by atoms with van der Waals surface area (Å²) >= 11 is 0. The summed E-state index contributed by atoms with van der Waals surface area (Å²) in [5.74, 6) is 0.964. The molecule has 0 atom stereocenters. The first kappa shape index (κ1) is 16.0. The van der Waals surface area contributed by atoms with E-state index in [1.54, 1.807) is 0 Å². The van der Waals surface area contributed by atoms with Crippen molar-refractivity contribution in [3.8, 4) is 11.3 Å². The largest absolute Gasteiger partial charge is 0.456 e. The molecule has 2 aliphatic rings. The van der Waals surface area contributed by atoms with Crippen LogP contribution < -0.4 is 4.90 Å². The third-order valence-electron chi connectivity index (χ3n) is 5.81. The molecule has 0 unspecified atom stereocenters. The second-order valence-corrected chi connectivity index (χ2v) is 7.71.